The molecule has 0 spiro atoms. The van der Waals surface area contributed by atoms with Crippen LogP contribution >= 0.6 is 0 Å². The molecule has 20 heavy (non-hydrogen) atoms. The van der Waals surface area contributed by atoms with E-state index in [2.05, 4.69) is 4.57 Å². The molecule has 3 rings (SSSR count). The van der Waals surface area contributed by atoms with Crippen molar-refractivity contribution in [3.05, 3.63) is 71.4 Å². The summed E-state index contributed by atoms with van der Waals surface area (Å²) in [5, 5.41) is 10.2. The predicted molar refractivity (Wildman–Crippen MR) is 78.8 cm³/mol. The molecule has 3 heteroatoms. The van der Waals surface area contributed by atoms with Gasteiger partial charge in [0.1, 0.15) is 6.29 Å². The molecule has 0 unspecified atom stereocenters. The molecular weight excluding hydrogens is 250 g/mol. The third-order valence-electron chi connectivity index (χ3n) is 3.49. The summed E-state index contributed by atoms with van der Waals surface area (Å²) in [5.41, 5.74) is 3.82. The van der Waals surface area contributed by atoms with Crippen LogP contribution < -0.4 is 0 Å². The van der Waals surface area contributed by atoms with Crippen molar-refractivity contribution in [3.63, 3.8) is 0 Å². The second-order valence-corrected chi connectivity index (χ2v) is 4.85. The lowest BCUT2D eigenvalue weighted by atomic mass is 10.1. The third-order valence-corrected chi connectivity index (χ3v) is 3.49. The zero-order valence-electron chi connectivity index (χ0n) is 11.0. The Morgan fingerprint density at radius 1 is 1.00 bits per heavy atom. The van der Waals surface area contributed by atoms with E-state index >= 15 is 0 Å². The molecule has 0 radical (unpaired) electrons. The first-order chi connectivity index (χ1) is 9.80. The van der Waals surface area contributed by atoms with Gasteiger partial charge in [-0.2, -0.15) is 0 Å². The largest absolute Gasteiger partial charge is 0.392 e. The molecule has 0 aliphatic carbocycles. The molecule has 0 fully saturated rings. The van der Waals surface area contributed by atoms with Gasteiger partial charge in [0.15, 0.2) is 0 Å². The molecule has 2 aromatic carbocycles. The molecule has 100 valence electrons. The molecule has 0 atom stereocenters. The van der Waals surface area contributed by atoms with Crippen LogP contribution in [0.3, 0.4) is 0 Å². The molecule has 1 N–H and O–H groups in total. The summed E-state index contributed by atoms with van der Waals surface area (Å²) in [6.45, 7) is 0.812. The smallest absolute Gasteiger partial charge is 0.150 e. The molecule has 0 bridgehead atoms. The van der Waals surface area contributed by atoms with Gasteiger partial charge in [-0.25, -0.2) is 0 Å². The highest BCUT2D eigenvalue weighted by Crippen LogP contribution is 2.18. The molecule has 0 amide bonds. The SMILES string of the molecule is O=Cc1ccc2ccn(Cc3ccc(CO)cc3)c2c1. The lowest BCUT2D eigenvalue weighted by Crippen LogP contribution is -1.98. The molecule has 0 aliphatic heterocycles. The van der Waals surface area contributed by atoms with Gasteiger partial charge in [-0.1, -0.05) is 36.4 Å². The molecule has 3 nitrogen and oxygen atoms in total. The number of aliphatic hydroxyl groups is 1. The molecule has 1 aromatic heterocycles. The normalized spacial score (nSPS) is 10.8. The van der Waals surface area contributed by atoms with Crippen molar-refractivity contribution in [2.24, 2.45) is 0 Å². The van der Waals surface area contributed by atoms with E-state index in [1.165, 1.54) is 0 Å². The summed E-state index contributed by atoms with van der Waals surface area (Å²) in [5.74, 6) is 0. The first-order valence-electron chi connectivity index (χ1n) is 6.53. The summed E-state index contributed by atoms with van der Waals surface area (Å²) in [6, 6.07) is 15.6. The number of aromatic nitrogens is 1. The summed E-state index contributed by atoms with van der Waals surface area (Å²) in [4.78, 5) is 10.9. The van der Waals surface area contributed by atoms with Crippen molar-refractivity contribution in [3.8, 4) is 0 Å². The molecule has 0 aliphatic rings. The van der Waals surface area contributed by atoms with Gasteiger partial charge in [0.2, 0.25) is 0 Å². The van der Waals surface area contributed by atoms with E-state index in [9.17, 15) is 4.79 Å². The fourth-order valence-corrected chi connectivity index (χ4v) is 2.36. The Hall–Kier alpha value is -2.39. The minimum Gasteiger partial charge on any atom is -0.392 e. The Bertz CT molecular complexity index is 741. The Balaban J connectivity index is 1.94. The van der Waals surface area contributed by atoms with Crippen LogP contribution in [0.25, 0.3) is 10.9 Å². The fraction of sp³-hybridized carbons (Fsp3) is 0.118. The van der Waals surface area contributed by atoms with Crippen molar-refractivity contribution in [2.45, 2.75) is 13.2 Å². The number of hydrogen-bond donors (Lipinski definition) is 1. The van der Waals surface area contributed by atoms with Gasteiger partial charge in [0.25, 0.3) is 0 Å². The second-order valence-electron chi connectivity index (χ2n) is 4.85. The van der Waals surface area contributed by atoms with Crippen LogP contribution in [0.15, 0.2) is 54.7 Å². The predicted octanol–water partition coefficient (Wildman–Crippen LogP) is 2.99. The Morgan fingerprint density at radius 2 is 1.75 bits per heavy atom. The summed E-state index contributed by atoms with van der Waals surface area (Å²) in [7, 11) is 0. The van der Waals surface area contributed by atoms with Crippen LogP contribution in [0.5, 0.6) is 0 Å². The quantitative estimate of drug-likeness (QED) is 0.737. The number of carbonyl (C=O) groups excluding carboxylic acids is 1. The average Bonchev–Trinajstić information content (AvgIpc) is 2.90. The lowest BCUT2D eigenvalue weighted by molar-refractivity contribution is 0.112. The number of nitrogens with zero attached hydrogens (tertiary/aromatic N) is 1. The van der Waals surface area contributed by atoms with Gasteiger partial charge >= 0.3 is 0 Å². The van der Waals surface area contributed by atoms with Crippen LogP contribution in [-0.4, -0.2) is 16.0 Å². The number of aldehydes is 1. The molecule has 3 aromatic rings. The van der Waals surface area contributed by atoms with Crippen LogP contribution in [-0.2, 0) is 13.2 Å². The minimum atomic E-state index is 0.0649. The van der Waals surface area contributed by atoms with E-state index in [-0.39, 0.29) is 6.61 Å². The zero-order chi connectivity index (χ0) is 13.9. The third kappa shape index (κ3) is 2.36. The number of fused-ring (bicyclic) bond motifs is 1. The summed E-state index contributed by atoms with van der Waals surface area (Å²) in [6.07, 6.45) is 2.89. The summed E-state index contributed by atoms with van der Waals surface area (Å²) < 4.78 is 2.12. The van der Waals surface area contributed by atoms with E-state index in [1.54, 1.807) is 0 Å². The first kappa shape index (κ1) is 12.6. The van der Waals surface area contributed by atoms with E-state index in [4.69, 9.17) is 5.11 Å². The van der Waals surface area contributed by atoms with Gasteiger partial charge in [-0.3, -0.25) is 4.79 Å². The lowest BCUT2D eigenvalue weighted by Gasteiger charge is -2.07. The maximum atomic E-state index is 10.9. The van der Waals surface area contributed by atoms with E-state index in [0.29, 0.717) is 5.56 Å². The number of carbonyl (C=O) groups is 1. The number of benzene rings is 2. The van der Waals surface area contributed by atoms with Gasteiger partial charge in [-0.05, 0) is 28.6 Å². The fourth-order valence-electron chi connectivity index (χ4n) is 2.36. The molecule has 0 saturated carbocycles. The maximum Gasteiger partial charge on any atom is 0.150 e. The highest BCUT2D eigenvalue weighted by Gasteiger charge is 2.03. The van der Waals surface area contributed by atoms with E-state index in [1.807, 2.05) is 54.7 Å². The van der Waals surface area contributed by atoms with E-state index in [0.717, 1.165) is 34.9 Å². The van der Waals surface area contributed by atoms with Crippen molar-refractivity contribution in [1.82, 2.24) is 4.57 Å². The first-order valence-corrected chi connectivity index (χ1v) is 6.53. The number of hydrogen-bond acceptors (Lipinski definition) is 2. The van der Waals surface area contributed by atoms with Crippen molar-refractivity contribution >= 4 is 17.2 Å². The highest BCUT2D eigenvalue weighted by molar-refractivity contribution is 5.87. The maximum absolute atomic E-state index is 10.9. The average molecular weight is 265 g/mol. The highest BCUT2D eigenvalue weighted by atomic mass is 16.3. The standard InChI is InChI=1S/C17H15NO2/c19-11-14-3-1-13(2-4-14)10-18-8-7-16-6-5-15(12-20)9-17(16)18/h1-9,12,19H,10-11H2. The van der Waals surface area contributed by atoms with Gasteiger partial charge in [-0.15, -0.1) is 0 Å². The van der Waals surface area contributed by atoms with Crippen LogP contribution in [0.1, 0.15) is 21.5 Å². The van der Waals surface area contributed by atoms with Crippen LogP contribution in [0, 0.1) is 0 Å². The summed E-state index contributed by atoms with van der Waals surface area (Å²) >= 11 is 0. The molecular formula is C17H15NO2. The second kappa shape index (κ2) is 5.31. The van der Waals surface area contributed by atoms with Crippen LogP contribution in [0.2, 0.25) is 0 Å². The van der Waals surface area contributed by atoms with E-state index < -0.39 is 0 Å². The number of rotatable bonds is 4. The molecule has 1 heterocycles. The van der Waals surface area contributed by atoms with Crippen molar-refractivity contribution in [2.75, 3.05) is 0 Å². The van der Waals surface area contributed by atoms with Crippen molar-refractivity contribution in [1.29, 1.82) is 0 Å². The van der Waals surface area contributed by atoms with Crippen LogP contribution in [0.4, 0.5) is 0 Å². The van der Waals surface area contributed by atoms with Gasteiger partial charge in [0.05, 0.1) is 6.61 Å². The Labute approximate surface area is 117 Å². The minimum absolute atomic E-state index is 0.0649. The monoisotopic (exact) mass is 265 g/mol. The van der Waals surface area contributed by atoms with Gasteiger partial charge in [0, 0.05) is 23.8 Å². The number of aliphatic hydroxyl groups excluding tert-OH is 1. The topological polar surface area (TPSA) is 42.2 Å². The van der Waals surface area contributed by atoms with Crippen molar-refractivity contribution < 1.29 is 9.90 Å². The van der Waals surface area contributed by atoms with Gasteiger partial charge < -0.3 is 9.67 Å². The zero-order valence-corrected chi connectivity index (χ0v) is 11.0. The Kier molecular flexibility index (Phi) is 3.35. The Morgan fingerprint density at radius 3 is 2.45 bits per heavy atom. The molecule has 0 saturated heterocycles.